The fraction of sp³-hybridized carbons (Fsp3) is 0.235. The molecule has 1 aromatic heterocycles. The van der Waals surface area contributed by atoms with E-state index in [2.05, 4.69) is 15.8 Å². The zero-order valence-corrected chi connectivity index (χ0v) is 12.9. The zero-order valence-electron chi connectivity index (χ0n) is 12.9. The molecule has 2 N–H and O–H groups in total. The first-order chi connectivity index (χ1) is 11.2. The number of nitrogens with one attached hydrogen (secondary N) is 2. The Kier molecular flexibility index (Phi) is 6.26. The molecule has 2 aromatic rings. The number of aromatic nitrogens is 1. The number of carbonyl (C=O) groups excluding carboxylic acids is 2. The molecule has 23 heavy (non-hydrogen) atoms. The average molecular weight is 313 g/mol. The van der Waals surface area contributed by atoms with Crippen LogP contribution >= 0.6 is 0 Å². The van der Waals surface area contributed by atoms with Gasteiger partial charge < -0.3 is 5.32 Å². The maximum atomic E-state index is 12.3. The third-order valence-corrected chi connectivity index (χ3v) is 3.15. The first-order valence-electron chi connectivity index (χ1n) is 7.37. The molecule has 0 aliphatic rings. The number of pyridine rings is 1. The monoisotopic (exact) mass is 313 g/mol. The van der Waals surface area contributed by atoms with Crippen molar-refractivity contribution in [2.45, 2.75) is 19.4 Å². The van der Waals surface area contributed by atoms with Crippen LogP contribution in [0.1, 0.15) is 22.8 Å². The van der Waals surface area contributed by atoms with Crippen LogP contribution in [0.15, 0.2) is 54.9 Å². The Bertz CT molecular complexity index is 632. The molecule has 0 bridgehead atoms. The van der Waals surface area contributed by atoms with Crippen LogP contribution in [0.5, 0.6) is 0 Å². The van der Waals surface area contributed by atoms with Crippen LogP contribution in [0.2, 0.25) is 0 Å². The molecule has 6 nitrogen and oxygen atoms in total. The van der Waals surface area contributed by atoms with Crippen LogP contribution in [-0.2, 0) is 16.1 Å². The normalized spacial score (nSPS) is 11.5. The molecular weight excluding hydrogens is 294 g/mol. The van der Waals surface area contributed by atoms with E-state index in [4.69, 9.17) is 4.84 Å². The fourth-order valence-corrected chi connectivity index (χ4v) is 2.01. The van der Waals surface area contributed by atoms with Gasteiger partial charge in [-0.3, -0.25) is 19.4 Å². The molecule has 0 spiro atoms. The van der Waals surface area contributed by atoms with E-state index in [-0.39, 0.29) is 5.91 Å². The number of hydroxylamine groups is 1. The van der Waals surface area contributed by atoms with Crippen molar-refractivity contribution in [3.8, 4) is 0 Å². The predicted octanol–water partition coefficient (Wildman–Crippen LogP) is 1.49. The van der Waals surface area contributed by atoms with Crippen molar-refractivity contribution in [2.24, 2.45) is 0 Å². The summed E-state index contributed by atoms with van der Waals surface area (Å²) in [7, 11) is 0. The molecule has 1 unspecified atom stereocenters. The predicted molar refractivity (Wildman–Crippen MR) is 85.4 cm³/mol. The summed E-state index contributed by atoms with van der Waals surface area (Å²) in [5, 5.41) is 2.72. The van der Waals surface area contributed by atoms with Gasteiger partial charge in [0.25, 0.3) is 11.8 Å². The quantitative estimate of drug-likeness (QED) is 0.759. The summed E-state index contributed by atoms with van der Waals surface area (Å²) in [6.45, 7) is 2.11. The lowest BCUT2D eigenvalue weighted by molar-refractivity contribution is -0.135. The van der Waals surface area contributed by atoms with Gasteiger partial charge in [0.1, 0.15) is 6.04 Å². The lowest BCUT2D eigenvalue weighted by atomic mass is 10.1. The second-order valence-corrected chi connectivity index (χ2v) is 4.86. The van der Waals surface area contributed by atoms with E-state index in [9.17, 15) is 9.59 Å². The number of hydrogen-bond donors (Lipinski definition) is 2. The van der Waals surface area contributed by atoms with E-state index >= 15 is 0 Å². The molecule has 6 heteroatoms. The molecule has 0 aliphatic heterocycles. The van der Waals surface area contributed by atoms with Gasteiger partial charge in [-0.25, -0.2) is 5.48 Å². The number of rotatable bonds is 7. The standard InChI is InChI=1S/C17H19N3O3/c1-2-23-20-17(22)15(11-13-7-4-3-5-8-13)19-16(21)14-9-6-10-18-12-14/h3-10,12,15H,2,11H2,1H3,(H,19,21)(H,20,22). The largest absolute Gasteiger partial charge is 0.340 e. The molecule has 120 valence electrons. The van der Waals surface area contributed by atoms with Gasteiger partial charge in [-0.05, 0) is 24.6 Å². The van der Waals surface area contributed by atoms with Crippen molar-refractivity contribution in [3.05, 3.63) is 66.0 Å². The van der Waals surface area contributed by atoms with Crippen molar-refractivity contribution in [1.82, 2.24) is 15.8 Å². The number of amides is 2. The highest BCUT2D eigenvalue weighted by molar-refractivity contribution is 5.97. The second-order valence-electron chi connectivity index (χ2n) is 4.86. The first-order valence-corrected chi connectivity index (χ1v) is 7.37. The summed E-state index contributed by atoms with van der Waals surface area (Å²) in [6, 6.07) is 12.0. The smallest absolute Gasteiger partial charge is 0.266 e. The third kappa shape index (κ3) is 5.19. The Morgan fingerprint density at radius 1 is 1.17 bits per heavy atom. The van der Waals surface area contributed by atoms with E-state index in [1.54, 1.807) is 25.3 Å². The Balaban J connectivity index is 2.09. The van der Waals surface area contributed by atoms with Gasteiger partial charge in [0.15, 0.2) is 0 Å². The van der Waals surface area contributed by atoms with E-state index in [0.29, 0.717) is 18.6 Å². The van der Waals surface area contributed by atoms with E-state index in [1.807, 2.05) is 30.3 Å². The van der Waals surface area contributed by atoms with Crippen molar-refractivity contribution in [1.29, 1.82) is 0 Å². The Morgan fingerprint density at radius 2 is 1.96 bits per heavy atom. The van der Waals surface area contributed by atoms with E-state index < -0.39 is 11.9 Å². The third-order valence-electron chi connectivity index (χ3n) is 3.15. The highest BCUT2D eigenvalue weighted by Gasteiger charge is 2.22. The van der Waals surface area contributed by atoms with Crippen molar-refractivity contribution in [3.63, 3.8) is 0 Å². The highest BCUT2D eigenvalue weighted by Crippen LogP contribution is 2.05. The minimum absolute atomic E-state index is 0.348. The SMILES string of the molecule is CCONC(=O)C(Cc1ccccc1)NC(=O)c1cccnc1. The lowest BCUT2D eigenvalue weighted by Gasteiger charge is -2.18. The fourth-order valence-electron chi connectivity index (χ4n) is 2.01. The molecule has 0 fully saturated rings. The van der Waals surface area contributed by atoms with Gasteiger partial charge in [-0.2, -0.15) is 0 Å². The molecule has 1 atom stereocenters. The van der Waals surface area contributed by atoms with Gasteiger partial charge in [0.05, 0.1) is 12.2 Å². The maximum absolute atomic E-state index is 12.3. The molecule has 0 saturated heterocycles. The minimum atomic E-state index is -0.739. The van der Waals surface area contributed by atoms with Gasteiger partial charge in [-0.15, -0.1) is 0 Å². The summed E-state index contributed by atoms with van der Waals surface area (Å²) in [5.41, 5.74) is 3.68. The number of nitrogens with zero attached hydrogens (tertiary/aromatic N) is 1. The maximum Gasteiger partial charge on any atom is 0.266 e. The topological polar surface area (TPSA) is 80.3 Å². The molecule has 2 amide bonds. The van der Waals surface area contributed by atoms with Gasteiger partial charge in [0.2, 0.25) is 0 Å². The van der Waals surface area contributed by atoms with Gasteiger partial charge in [0, 0.05) is 18.8 Å². The molecule has 1 heterocycles. The van der Waals surface area contributed by atoms with Crippen LogP contribution in [0.3, 0.4) is 0 Å². The van der Waals surface area contributed by atoms with E-state index in [0.717, 1.165) is 5.56 Å². The number of benzene rings is 1. The zero-order chi connectivity index (χ0) is 16.5. The van der Waals surface area contributed by atoms with Crippen LogP contribution in [-0.4, -0.2) is 29.4 Å². The molecule has 1 aromatic carbocycles. The summed E-state index contributed by atoms with van der Waals surface area (Å²) in [6.07, 6.45) is 3.40. The Morgan fingerprint density at radius 3 is 2.61 bits per heavy atom. The lowest BCUT2D eigenvalue weighted by Crippen LogP contribution is -2.48. The summed E-state index contributed by atoms with van der Waals surface area (Å²) >= 11 is 0. The summed E-state index contributed by atoms with van der Waals surface area (Å²) in [5.74, 6) is -0.751. The van der Waals surface area contributed by atoms with E-state index in [1.165, 1.54) is 6.20 Å². The van der Waals surface area contributed by atoms with Crippen molar-refractivity contribution >= 4 is 11.8 Å². The molecule has 0 aliphatic carbocycles. The van der Waals surface area contributed by atoms with Crippen molar-refractivity contribution < 1.29 is 14.4 Å². The Labute approximate surface area is 134 Å². The van der Waals surface area contributed by atoms with Crippen LogP contribution < -0.4 is 10.8 Å². The van der Waals surface area contributed by atoms with Gasteiger partial charge in [-0.1, -0.05) is 30.3 Å². The molecule has 0 radical (unpaired) electrons. The van der Waals surface area contributed by atoms with Crippen LogP contribution in [0.25, 0.3) is 0 Å². The van der Waals surface area contributed by atoms with Gasteiger partial charge >= 0.3 is 0 Å². The highest BCUT2D eigenvalue weighted by atomic mass is 16.6. The molecule has 2 rings (SSSR count). The number of carbonyl (C=O) groups is 2. The van der Waals surface area contributed by atoms with Crippen LogP contribution in [0, 0.1) is 0 Å². The van der Waals surface area contributed by atoms with Crippen LogP contribution in [0.4, 0.5) is 0 Å². The summed E-state index contributed by atoms with van der Waals surface area (Å²) < 4.78 is 0. The average Bonchev–Trinajstić information content (AvgIpc) is 2.60. The summed E-state index contributed by atoms with van der Waals surface area (Å²) in [4.78, 5) is 33.3. The molecular formula is C17H19N3O3. The van der Waals surface area contributed by atoms with Crippen molar-refractivity contribution in [2.75, 3.05) is 6.61 Å². The number of hydrogen-bond acceptors (Lipinski definition) is 4. The minimum Gasteiger partial charge on any atom is -0.340 e. The Hall–Kier alpha value is -2.73. The second kappa shape index (κ2) is 8.65. The molecule has 0 saturated carbocycles. The first kappa shape index (κ1) is 16.6.